The van der Waals surface area contributed by atoms with Crippen LogP contribution in [0, 0.1) is 5.82 Å². The summed E-state index contributed by atoms with van der Waals surface area (Å²) >= 11 is 0. The zero-order valence-electron chi connectivity index (χ0n) is 10.4. The molecule has 0 atom stereocenters. The highest BCUT2D eigenvalue weighted by molar-refractivity contribution is 5.78. The van der Waals surface area contributed by atoms with Gasteiger partial charge in [-0.05, 0) is 35.4 Å². The van der Waals surface area contributed by atoms with Gasteiger partial charge in [0.1, 0.15) is 5.82 Å². The van der Waals surface area contributed by atoms with Gasteiger partial charge in [-0.15, -0.1) is 0 Å². The van der Waals surface area contributed by atoms with Gasteiger partial charge in [-0.3, -0.25) is 4.79 Å². The second-order valence-corrected chi connectivity index (χ2v) is 4.33. The van der Waals surface area contributed by atoms with E-state index in [2.05, 4.69) is 5.32 Å². The average Bonchev–Trinajstić information content (AvgIpc) is 2.36. The molecule has 0 fully saturated rings. The van der Waals surface area contributed by atoms with Crippen LogP contribution in [0.2, 0.25) is 0 Å². The highest BCUT2D eigenvalue weighted by Gasteiger charge is 2.04. The molecule has 2 aromatic rings. The molecule has 0 heterocycles. The van der Waals surface area contributed by atoms with Gasteiger partial charge in [0.2, 0.25) is 5.91 Å². The maximum atomic E-state index is 13.0. The second-order valence-electron chi connectivity index (χ2n) is 4.33. The van der Waals surface area contributed by atoms with E-state index in [0.717, 1.165) is 5.56 Å². The fourth-order valence-electron chi connectivity index (χ4n) is 1.80. The molecular formula is C15H15FN2O. The summed E-state index contributed by atoms with van der Waals surface area (Å²) in [6, 6.07) is 13.4. The first kappa shape index (κ1) is 13.1. The van der Waals surface area contributed by atoms with E-state index in [-0.39, 0.29) is 18.1 Å². The third kappa shape index (κ3) is 4.10. The Hall–Kier alpha value is -2.36. The van der Waals surface area contributed by atoms with Crippen molar-refractivity contribution >= 4 is 11.6 Å². The van der Waals surface area contributed by atoms with Crippen LogP contribution in [-0.4, -0.2) is 5.91 Å². The number of nitrogens with two attached hydrogens (primary N) is 1. The first-order valence-electron chi connectivity index (χ1n) is 5.99. The van der Waals surface area contributed by atoms with Crippen LogP contribution in [0.4, 0.5) is 10.1 Å². The number of hydrogen-bond donors (Lipinski definition) is 2. The summed E-state index contributed by atoms with van der Waals surface area (Å²) in [5.74, 6) is -0.478. The summed E-state index contributed by atoms with van der Waals surface area (Å²) < 4.78 is 13.0. The van der Waals surface area contributed by atoms with Crippen molar-refractivity contribution in [2.75, 3.05) is 5.73 Å². The van der Waals surface area contributed by atoms with Crippen molar-refractivity contribution in [2.24, 2.45) is 0 Å². The molecule has 2 aromatic carbocycles. The molecule has 98 valence electrons. The van der Waals surface area contributed by atoms with Crippen molar-refractivity contribution < 1.29 is 9.18 Å². The van der Waals surface area contributed by atoms with Gasteiger partial charge in [0.25, 0.3) is 0 Å². The minimum atomic E-state index is -0.332. The molecular weight excluding hydrogens is 243 g/mol. The molecule has 4 heteroatoms. The molecule has 0 aliphatic carbocycles. The van der Waals surface area contributed by atoms with Crippen LogP contribution in [0.25, 0.3) is 0 Å². The van der Waals surface area contributed by atoms with Gasteiger partial charge in [0, 0.05) is 12.2 Å². The Labute approximate surface area is 111 Å². The molecule has 0 aromatic heterocycles. The van der Waals surface area contributed by atoms with Crippen LogP contribution >= 0.6 is 0 Å². The number of nitrogen functional groups attached to an aromatic ring is 1. The zero-order chi connectivity index (χ0) is 13.7. The predicted octanol–water partition coefficient (Wildman–Crippen LogP) is 2.27. The molecule has 0 saturated carbocycles. The van der Waals surface area contributed by atoms with Crippen LogP contribution in [0.1, 0.15) is 11.1 Å². The molecule has 0 aliphatic rings. The molecule has 0 bridgehead atoms. The smallest absolute Gasteiger partial charge is 0.224 e. The summed E-state index contributed by atoms with van der Waals surface area (Å²) in [5, 5.41) is 2.78. The Morgan fingerprint density at radius 2 is 1.84 bits per heavy atom. The van der Waals surface area contributed by atoms with Crippen LogP contribution < -0.4 is 11.1 Å². The molecule has 0 saturated heterocycles. The van der Waals surface area contributed by atoms with Gasteiger partial charge in [0.15, 0.2) is 0 Å². The lowest BCUT2D eigenvalue weighted by atomic mass is 10.1. The SMILES string of the molecule is Nc1cccc(CNC(=O)Cc2cccc(F)c2)c1. The molecule has 0 unspecified atom stereocenters. The number of rotatable bonds is 4. The number of carbonyl (C=O) groups is 1. The third-order valence-corrected chi connectivity index (χ3v) is 2.69. The van der Waals surface area contributed by atoms with Crippen molar-refractivity contribution in [1.82, 2.24) is 5.32 Å². The van der Waals surface area contributed by atoms with Crippen molar-refractivity contribution in [3.05, 3.63) is 65.5 Å². The number of amides is 1. The third-order valence-electron chi connectivity index (χ3n) is 2.69. The Balaban J connectivity index is 1.88. The zero-order valence-corrected chi connectivity index (χ0v) is 10.4. The summed E-state index contributed by atoms with van der Waals surface area (Å²) in [6.45, 7) is 0.416. The van der Waals surface area contributed by atoms with Crippen molar-refractivity contribution in [2.45, 2.75) is 13.0 Å². The molecule has 1 amide bonds. The maximum Gasteiger partial charge on any atom is 0.224 e. The number of nitrogens with one attached hydrogen (secondary N) is 1. The monoisotopic (exact) mass is 258 g/mol. The molecule has 0 spiro atoms. The Kier molecular flexibility index (Phi) is 4.13. The number of benzene rings is 2. The van der Waals surface area contributed by atoms with Gasteiger partial charge in [-0.1, -0.05) is 24.3 Å². The van der Waals surface area contributed by atoms with E-state index in [1.54, 1.807) is 18.2 Å². The molecule has 0 radical (unpaired) electrons. The van der Waals surface area contributed by atoms with Gasteiger partial charge >= 0.3 is 0 Å². The number of anilines is 1. The number of carbonyl (C=O) groups excluding carboxylic acids is 1. The van der Waals surface area contributed by atoms with E-state index < -0.39 is 0 Å². The fourth-order valence-corrected chi connectivity index (χ4v) is 1.80. The number of hydrogen-bond acceptors (Lipinski definition) is 2. The average molecular weight is 258 g/mol. The Morgan fingerprint density at radius 3 is 2.58 bits per heavy atom. The van der Waals surface area contributed by atoms with Crippen LogP contribution in [-0.2, 0) is 17.8 Å². The summed E-state index contributed by atoms with van der Waals surface area (Å²) in [4.78, 5) is 11.7. The minimum Gasteiger partial charge on any atom is -0.399 e. The van der Waals surface area contributed by atoms with E-state index in [4.69, 9.17) is 5.73 Å². The van der Waals surface area contributed by atoms with Crippen molar-refractivity contribution in [3.8, 4) is 0 Å². The second kappa shape index (κ2) is 6.00. The van der Waals surface area contributed by atoms with E-state index in [9.17, 15) is 9.18 Å². The molecule has 2 rings (SSSR count). The van der Waals surface area contributed by atoms with Gasteiger partial charge < -0.3 is 11.1 Å². The standard InChI is InChI=1S/C15H15FN2O/c16-13-5-1-3-11(7-13)9-15(19)18-10-12-4-2-6-14(17)8-12/h1-8H,9-10,17H2,(H,18,19). The van der Waals surface area contributed by atoms with E-state index >= 15 is 0 Å². The minimum absolute atomic E-state index is 0.145. The van der Waals surface area contributed by atoms with Crippen LogP contribution in [0.3, 0.4) is 0 Å². The molecule has 19 heavy (non-hydrogen) atoms. The first-order chi connectivity index (χ1) is 9.13. The Bertz CT molecular complexity index is 584. The lowest BCUT2D eigenvalue weighted by molar-refractivity contribution is -0.120. The van der Waals surface area contributed by atoms with E-state index in [0.29, 0.717) is 17.8 Å². The summed E-state index contributed by atoms with van der Waals surface area (Å²) in [5.41, 5.74) is 7.91. The van der Waals surface area contributed by atoms with Gasteiger partial charge in [0.05, 0.1) is 6.42 Å². The Morgan fingerprint density at radius 1 is 1.11 bits per heavy atom. The summed E-state index contributed by atoms with van der Waals surface area (Å²) in [6.07, 6.45) is 0.167. The highest BCUT2D eigenvalue weighted by Crippen LogP contribution is 2.07. The normalized spacial score (nSPS) is 10.2. The van der Waals surface area contributed by atoms with Crippen LogP contribution in [0.15, 0.2) is 48.5 Å². The number of halogens is 1. The molecule has 0 aliphatic heterocycles. The lowest BCUT2D eigenvalue weighted by Crippen LogP contribution is -2.24. The highest BCUT2D eigenvalue weighted by atomic mass is 19.1. The lowest BCUT2D eigenvalue weighted by Gasteiger charge is -2.06. The largest absolute Gasteiger partial charge is 0.399 e. The van der Waals surface area contributed by atoms with Gasteiger partial charge in [-0.25, -0.2) is 4.39 Å². The molecule has 3 nitrogen and oxygen atoms in total. The van der Waals surface area contributed by atoms with Crippen LogP contribution in [0.5, 0.6) is 0 Å². The predicted molar refractivity (Wildman–Crippen MR) is 72.8 cm³/mol. The van der Waals surface area contributed by atoms with E-state index in [1.807, 2.05) is 18.2 Å². The van der Waals surface area contributed by atoms with E-state index in [1.165, 1.54) is 12.1 Å². The maximum absolute atomic E-state index is 13.0. The van der Waals surface area contributed by atoms with Gasteiger partial charge in [-0.2, -0.15) is 0 Å². The quantitative estimate of drug-likeness (QED) is 0.826. The topological polar surface area (TPSA) is 55.1 Å². The summed E-state index contributed by atoms with van der Waals surface area (Å²) in [7, 11) is 0. The van der Waals surface area contributed by atoms with Crippen molar-refractivity contribution in [3.63, 3.8) is 0 Å². The molecule has 3 N–H and O–H groups in total. The fraction of sp³-hybridized carbons (Fsp3) is 0.133. The van der Waals surface area contributed by atoms with Crippen molar-refractivity contribution in [1.29, 1.82) is 0 Å². The first-order valence-corrected chi connectivity index (χ1v) is 5.99.